The molecule has 0 heterocycles. The zero-order valence-electron chi connectivity index (χ0n) is 13.0. The molecule has 0 bridgehead atoms. The summed E-state index contributed by atoms with van der Waals surface area (Å²) in [5, 5.41) is 5.46. The molecule has 0 aliphatic rings. The SMILES string of the molecule is COC(=O)CCCCCNC(=O)c1ccc(NC(C)=O)cc1. The smallest absolute Gasteiger partial charge is 0.305 e. The van der Waals surface area contributed by atoms with E-state index in [1.807, 2.05) is 0 Å². The first-order chi connectivity index (χ1) is 10.5. The third-order valence-electron chi connectivity index (χ3n) is 3.04. The number of amides is 2. The lowest BCUT2D eigenvalue weighted by molar-refractivity contribution is -0.140. The maximum atomic E-state index is 11.9. The summed E-state index contributed by atoms with van der Waals surface area (Å²) in [5.74, 6) is -0.505. The van der Waals surface area contributed by atoms with Gasteiger partial charge in [0.15, 0.2) is 0 Å². The van der Waals surface area contributed by atoms with Gasteiger partial charge in [-0.15, -0.1) is 0 Å². The van der Waals surface area contributed by atoms with Gasteiger partial charge < -0.3 is 15.4 Å². The van der Waals surface area contributed by atoms with Crippen LogP contribution in [0.2, 0.25) is 0 Å². The summed E-state index contributed by atoms with van der Waals surface area (Å²) in [6.07, 6.45) is 2.84. The summed E-state index contributed by atoms with van der Waals surface area (Å²) in [7, 11) is 1.37. The Morgan fingerprint density at radius 2 is 1.73 bits per heavy atom. The Balaban J connectivity index is 2.25. The highest BCUT2D eigenvalue weighted by Gasteiger charge is 2.05. The molecule has 0 fully saturated rings. The molecule has 0 aromatic heterocycles. The first-order valence-electron chi connectivity index (χ1n) is 7.25. The number of methoxy groups -OCH3 is 1. The van der Waals surface area contributed by atoms with E-state index in [0.717, 1.165) is 19.3 Å². The van der Waals surface area contributed by atoms with Crippen LogP contribution in [0.25, 0.3) is 0 Å². The summed E-state index contributed by atoms with van der Waals surface area (Å²) in [6.45, 7) is 1.99. The number of hydrogen-bond donors (Lipinski definition) is 2. The van der Waals surface area contributed by atoms with Gasteiger partial charge in [0.25, 0.3) is 5.91 Å². The van der Waals surface area contributed by atoms with Gasteiger partial charge in [0.2, 0.25) is 5.91 Å². The molecule has 0 spiro atoms. The van der Waals surface area contributed by atoms with Crippen LogP contribution in [0.15, 0.2) is 24.3 Å². The van der Waals surface area contributed by atoms with Crippen molar-refractivity contribution in [1.82, 2.24) is 5.32 Å². The molecule has 0 atom stereocenters. The zero-order chi connectivity index (χ0) is 16.4. The van der Waals surface area contributed by atoms with Crippen LogP contribution >= 0.6 is 0 Å². The second-order valence-electron chi connectivity index (χ2n) is 4.90. The number of unbranched alkanes of at least 4 members (excludes halogenated alkanes) is 2. The Labute approximate surface area is 130 Å². The summed E-state index contributed by atoms with van der Waals surface area (Å²) >= 11 is 0. The summed E-state index contributed by atoms with van der Waals surface area (Å²) in [4.78, 5) is 33.7. The van der Waals surface area contributed by atoms with Gasteiger partial charge in [-0.2, -0.15) is 0 Å². The molecule has 22 heavy (non-hydrogen) atoms. The number of hydrogen-bond acceptors (Lipinski definition) is 4. The van der Waals surface area contributed by atoms with Crippen LogP contribution in [-0.4, -0.2) is 31.4 Å². The molecule has 1 aromatic rings. The van der Waals surface area contributed by atoms with Crippen molar-refractivity contribution in [3.63, 3.8) is 0 Å². The minimum absolute atomic E-state index is 0.149. The van der Waals surface area contributed by atoms with E-state index in [4.69, 9.17) is 0 Å². The molecule has 1 aromatic carbocycles. The van der Waals surface area contributed by atoms with Gasteiger partial charge in [0.1, 0.15) is 0 Å². The lowest BCUT2D eigenvalue weighted by Gasteiger charge is -2.06. The van der Waals surface area contributed by atoms with Crippen molar-refractivity contribution in [3.05, 3.63) is 29.8 Å². The number of ether oxygens (including phenoxy) is 1. The van der Waals surface area contributed by atoms with E-state index in [1.165, 1.54) is 14.0 Å². The number of anilines is 1. The van der Waals surface area contributed by atoms with Gasteiger partial charge in [0, 0.05) is 31.1 Å². The molecule has 0 unspecified atom stereocenters. The summed E-state index contributed by atoms with van der Waals surface area (Å²) in [6, 6.07) is 6.70. The first kappa shape index (κ1) is 17.7. The van der Waals surface area contributed by atoms with Crippen LogP contribution in [-0.2, 0) is 14.3 Å². The molecule has 1 rings (SSSR count). The average molecular weight is 306 g/mol. The molecule has 6 heteroatoms. The second-order valence-corrected chi connectivity index (χ2v) is 4.90. The molecule has 6 nitrogen and oxygen atoms in total. The van der Waals surface area contributed by atoms with Gasteiger partial charge in [-0.05, 0) is 37.1 Å². The van der Waals surface area contributed by atoms with Crippen LogP contribution in [0, 0.1) is 0 Å². The largest absolute Gasteiger partial charge is 0.469 e. The molecule has 0 aliphatic heterocycles. The Hall–Kier alpha value is -2.37. The topological polar surface area (TPSA) is 84.5 Å². The van der Waals surface area contributed by atoms with Crippen molar-refractivity contribution in [1.29, 1.82) is 0 Å². The molecule has 0 saturated heterocycles. The van der Waals surface area contributed by atoms with E-state index >= 15 is 0 Å². The number of benzene rings is 1. The Morgan fingerprint density at radius 3 is 2.32 bits per heavy atom. The highest BCUT2D eigenvalue weighted by Crippen LogP contribution is 2.09. The number of nitrogens with one attached hydrogen (secondary N) is 2. The molecule has 2 amide bonds. The van der Waals surface area contributed by atoms with Gasteiger partial charge >= 0.3 is 5.97 Å². The van der Waals surface area contributed by atoms with Crippen molar-refractivity contribution in [2.45, 2.75) is 32.6 Å². The molecule has 120 valence electrons. The lowest BCUT2D eigenvalue weighted by atomic mass is 10.1. The number of rotatable bonds is 8. The fourth-order valence-electron chi connectivity index (χ4n) is 1.89. The molecule has 2 N–H and O–H groups in total. The van der Waals surface area contributed by atoms with E-state index in [0.29, 0.717) is 24.2 Å². The predicted octanol–water partition coefficient (Wildman–Crippen LogP) is 2.11. The van der Waals surface area contributed by atoms with Crippen LogP contribution in [0.4, 0.5) is 5.69 Å². The van der Waals surface area contributed by atoms with Gasteiger partial charge in [-0.3, -0.25) is 14.4 Å². The zero-order valence-corrected chi connectivity index (χ0v) is 13.0. The van der Waals surface area contributed by atoms with Gasteiger partial charge in [-0.1, -0.05) is 6.42 Å². The van der Waals surface area contributed by atoms with E-state index in [9.17, 15) is 14.4 Å². The first-order valence-corrected chi connectivity index (χ1v) is 7.25. The van der Waals surface area contributed by atoms with Crippen LogP contribution in [0.5, 0.6) is 0 Å². The number of carbonyl (C=O) groups excluding carboxylic acids is 3. The predicted molar refractivity (Wildman–Crippen MR) is 83.6 cm³/mol. The number of esters is 1. The Morgan fingerprint density at radius 1 is 1.05 bits per heavy atom. The fraction of sp³-hybridized carbons (Fsp3) is 0.438. The van der Waals surface area contributed by atoms with Gasteiger partial charge in [0.05, 0.1) is 7.11 Å². The number of carbonyl (C=O) groups is 3. The highest BCUT2D eigenvalue weighted by atomic mass is 16.5. The monoisotopic (exact) mass is 306 g/mol. The van der Waals surface area contributed by atoms with E-state index in [2.05, 4.69) is 15.4 Å². The Kier molecular flexibility index (Phi) is 7.67. The molecule has 0 aliphatic carbocycles. The standard InChI is InChI=1S/C16H22N2O4/c1-12(19)18-14-9-7-13(8-10-14)16(21)17-11-5-3-4-6-15(20)22-2/h7-10H,3-6,11H2,1-2H3,(H,17,21)(H,18,19). The normalized spacial score (nSPS) is 9.91. The minimum atomic E-state index is -0.205. The lowest BCUT2D eigenvalue weighted by Crippen LogP contribution is -2.24. The molecular formula is C16H22N2O4. The molecule has 0 radical (unpaired) electrons. The van der Waals surface area contributed by atoms with Gasteiger partial charge in [-0.25, -0.2) is 0 Å². The third-order valence-corrected chi connectivity index (χ3v) is 3.04. The average Bonchev–Trinajstić information content (AvgIpc) is 2.50. The highest BCUT2D eigenvalue weighted by molar-refractivity contribution is 5.95. The van der Waals surface area contributed by atoms with E-state index < -0.39 is 0 Å². The fourth-order valence-corrected chi connectivity index (χ4v) is 1.89. The van der Waals surface area contributed by atoms with E-state index in [-0.39, 0.29) is 17.8 Å². The van der Waals surface area contributed by atoms with Crippen molar-refractivity contribution in [2.24, 2.45) is 0 Å². The molecule has 0 saturated carbocycles. The summed E-state index contributed by atoms with van der Waals surface area (Å²) in [5.41, 5.74) is 1.20. The molecular weight excluding hydrogens is 284 g/mol. The quantitative estimate of drug-likeness (QED) is 0.569. The van der Waals surface area contributed by atoms with Crippen LogP contribution in [0.1, 0.15) is 43.0 Å². The summed E-state index contributed by atoms with van der Waals surface area (Å²) < 4.78 is 4.55. The van der Waals surface area contributed by atoms with Crippen molar-refractivity contribution in [2.75, 3.05) is 19.0 Å². The maximum Gasteiger partial charge on any atom is 0.305 e. The van der Waals surface area contributed by atoms with Crippen molar-refractivity contribution >= 4 is 23.5 Å². The van der Waals surface area contributed by atoms with Crippen molar-refractivity contribution < 1.29 is 19.1 Å². The van der Waals surface area contributed by atoms with Crippen molar-refractivity contribution in [3.8, 4) is 0 Å². The third kappa shape index (κ3) is 6.88. The second kappa shape index (κ2) is 9.55. The van der Waals surface area contributed by atoms with Crippen LogP contribution in [0.3, 0.4) is 0 Å². The Bertz CT molecular complexity index is 511. The minimum Gasteiger partial charge on any atom is -0.469 e. The maximum absolute atomic E-state index is 11.9. The van der Waals surface area contributed by atoms with E-state index in [1.54, 1.807) is 24.3 Å². The van der Waals surface area contributed by atoms with Crippen LogP contribution < -0.4 is 10.6 Å².